The molecule has 0 unspecified atom stereocenters. The second-order valence-electron chi connectivity index (χ2n) is 6.93. The molecule has 1 atom stereocenters. The van der Waals surface area contributed by atoms with Crippen LogP contribution in [0.3, 0.4) is 0 Å². The molecule has 4 rings (SSSR count). The maximum Gasteiger partial charge on any atom is 0.159 e. The molecule has 4 nitrogen and oxygen atoms in total. The molecule has 0 radical (unpaired) electrons. The van der Waals surface area contributed by atoms with Gasteiger partial charge in [-0.2, -0.15) is 5.10 Å². The number of pyridine rings is 1. The maximum atomic E-state index is 13.3. The fourth-order valence-electron chi connectivity index (χ4n) is 3.27. The standard InChI is InChI=1S/C22H20F2N4/c23-21-4-1-15(10-22(21)24)9-20(25)6-8-28-14-19(13-27-28)16-2-3-18-12-26-7-5-17(18)11-16/h1-5,7,10-14,20H,6,8-9,25H2/t20-/m1/s1. The number of halogens is 2. The molecule has 0 amide bonds. The van der Waals surface area contributed by atoms with E-state index in [9.17, 15) is 8.78 Å². The van der Waals surface area contributed by atoms with E-state index in [1.807, 2.05) is 35.4 Å². The van der Waals surface area contributed by atoms with Crippen LogP contribution in [0, 0.1) is 11.6 Å². The molecule has 2 N–H and O–H groups in total. The number of hydrogen-bond donors (Lipinski definition) is 1. The first kappa shape index (κ1) is 18.3. The van der Waals surface area contributed by atoms with Gasteiger partial charge in [-0.05, 0) is 53.6 Å². The van der Waals surface area contributed by atoms with Crippen molar-refractivity contribution in [3.63, 3.8) is 0 Å². The minimum atomic E-state index is -0.841. The summed E-state index contributed by atoms with van der Waals surface area (Å²) in [6.07, 6.45) is 8.63. The molecule has 2 heterocycles. The molecule has 0 aliphatic heterocycles. The predicted octanol–water partition coefficient (Wildman–Crippen LogP) is 4.34. The molecule has 0 aliphatic carbocycles. The topological polar surface area (TPSA) is 56.7 Å². The SMILES string of the molecule is N[C@H](CCn1cc(-c2ccc3cnccc3c2)cn1)Cc1ccc(F)c(F)c1. The van der Waals surface area contributed by atoms with Gasteiger partial charge in [0.1, 0.15) is 0 Å². The van der Waals surface area contributed by atoms with Gasteiger partial charge in [0, 0.05) is 42.1 Å². The number of aryl methyl sites for hydroxylation is 1. The van der Waals surface area contributed by atoms with Gasteiger partial charge in [-0.3, -0.25) is 9.67 Å². The Morgan fingerprint density at radius 2 is 1.82 bits per heavy atom. The van der Waals surface area contributed by atoms with Gasteiger partial charge in [0.05, 0.1) is 6.20 Å². The molecule has 28 heavy (non-hydrogen) atoms. The van der Waals surface area contributed by atoms with Crippen LogP contribution in [0.1, 0.15) is 12.0 Å². The van der Waals surface area contributed by atoms with Crippen LogP contribution >= 0.6 is 0 Å². The highest BCUT2D eigenvalue weighted by Crippen LogP contribution is 2.23. The number of rotatable bonds is 6. The average molecular weight is 378 g/mol. The van der Waals surface area contributed by atoms with Crippen LogP contribution < -0.4 is 5.73 Å². The van der Waals surface area contributed by atoms with Crippen molar-refractivity contribution in [2.24, 2.45) is 5.73 Å². The Morgan fingerprint density at radius 1 is 0.929 bits per heavy atom. The Balaban J connectivity index is 1.39. The third kappa shape index (κ3) is 4.07. The first-order valence-corrected chi connectivity index (χ1v) is 9.14. The zero-order valence-corrected chi connectivity index (χ0v) is 15.2. The molecular formula is C22H20F2N4. The Kier molecular flexibility index (Phi) is 5.12. The van der Waals surface area contributed by atoms with Crippen LogP contribution in [0.2, 0.25) is 0 Å². The summed E-state index contributed by atoms with van der Waals surface area (Å²) in [6, 6.07) is 12.0. The highest BCUT2D eigenvalue weighted by Gasteiger charge is 2.09. The van der Waals surface area contributed by atoms with E-state index in [1.165, 1.54) is 6.07 Å². The lowest BCUT2D eigenvalue weighted by molar-refractivity contribution is 0.496. The third-order valence-electron chi connectivity index (χ3n) is 4.82. The molecule has 6 heteroatoms. The summed E-state index contributed by atoms with van der Waals surface area (Å²) in [7, 11) is 0. The summed E-state index contributed by atoms with van der Waals surface area (Å²) in [5, 5.41) is 6.65. The minimum absolute atomic E-state index is 0.161. The van der Waals surface area contributed by atoms with E-state index >= 15 is 0 Å². The number of benzene rings is 2. The number of fused-ring (bicyclic) bond motifs is 1. The molecule has 0 bridgehead atoms. The molecular weight excluding hydrogens is 358 g/mol. The molecule has 4 aromatic rings. The molecule has 142 valence electrons. The van der Waals surface area contributed by atoms with Crippen molar-refractivity contribution in [3.8, 4) is 11.1 Å². The third-order valence-corrected chi connectivity index (χ3v) is 4.82. The summed E-state index contributed by atoms with van der Waals surface area (Å²) in [4.78, 5) is 4.13. The fourth-order valence-corrected chi connectivity index (χ4v) is 3.27. The number of hydrogen-bond acceptors (Lipinski definition) is 3. The lowest BCUT2D eigenvalue weighted by Crippen LogP contribution is -2.24. The van der Waals surface area contributed by atoms with Crippen molar-refractivity contribution in [1.29, 1.82) is 0 Å². The van der Waals surface area contributed by atoms with Gasteiger partial charge in [-0.25, -0.2) is 8.78 Å². The number of nitrogens with two attached hydrogens (primary N) is 1. The zero-order valence-electron chi connectivity index (χ0n) is 15.2. The molecule has 0 saturated carbocycles. The van der Waals surface area contributed by atoms with E-state index < -0.39 is 11.6 Å². The molecule has 0 spiro atoms. The summed E-state index contributed by atoms with van der Waals surface area (Å²) < 4.78 is 28.2. The Morgan fingerprint density at radius 3 is 2.68 bits per heavy atom. The largest absolute Gasteiger partial charge is 0.327 e. The van der Waals surface area contributed by atoms with E-state index in [0.29, 0.717) is 24.9 Å². The Labute approximate surface area is 161 Å². The van der Waals surface area contributed by atoms with Crippen molar-refractivity contribution in [1.82, 2.24) is 14.8 Å². The van der Waals surface area contributed by atoms with Gasteiger partial charge < -0.3 is 5.73 Å². The quantitative estimate of drug-likeness (QED) is 0.543. The monoisotopic (exact) mass is 378 g/mol. The molecule has 0 saturated heterocycles. The van der Waals surface area contributed by atoms with Gasteiger partial charge >= 0.3 is 0 Å². The lowest BCUT2D eigenvalue weighted by Gasteiger charge is -2.12. The van der Waals surface area contributed by atoms with Gasteiger partial charge in [0.25, 0.3) is 0 Å². The lowest BCUT2D eigenvalue weighted by atomic mass is 10.0. The van der Waals surface area contributed by atoms with Crippen molar-refractivity contribution in [3.05, 3.63) is 84.4 Å². The van der Waals surface area contributed by atoms with E-state index in [4.69, 9.17) is 5.73 Å². The highest BCUT2D eigenvalue weighted by atomic mass is 19.2. The van der Waals surface area contributed by atoms with Gasteiger partial charge in [0.2, 0.25) is 0 Å². The van der Waals surface area contributed by atoms with Crippen LogP contribution in [0.25, 0.3) is 21.9 Å². The van der Waals surface area contributed by atoms with Gasteiger partial charge in [-0.1, -0.05) is 18.2 Å². The maximum absolute atomic E-state index is 13.3. The van der Waals surface area contributed by atoms with E-state index in [1.54, 1.807) is 12.3 Å². The number of aromatic nitrogens is 3. The van der Waals surface area contributed by atoms with Crippen molar-refractivity contribution in [2.45, 2.75) is 25.4 Å². The second-order valence-corrected chi connectivity index (χ2v) is 6.93. The molecule has 2 aromatic carbocycles. The van der Waals surface area contributed by atoms with Crippen LogP contribution in [-0.4, -0.2) is 20.8 Å². The predicted molar refractivity (Wildman–Crippen MR) is 106 cm³/mol. The van der Waals surface area contributed by atoms with Crippen molar-refractivity contribution >= 4 is 10.8 Å². The molecule has 2 aromatic heterocycles. The van der Waals surface area contributed by atoms with Crippen molar-refractivity contribution < 1.29 is 8.78 Å². The first-order valence-electron chi connectivity index (χ1n) is 9.14. The van der Waals surface area contributed by atoms with Crippen LogP contribution in [0.15, 0.2) is 67.3 Å². The van der Waals surface area contributed by atoms with E-state index in [-0.39, 0.29) is 6.04 Å². The summed E-state index contributed by atoms with van der Waals surface area (Å²) >= 11 is 0. The summed E-state index contributed by atoms with van der Waals surface area (Å²) in [5.41, 5.74) is 8.98. The van der Waals surface area contributed by atoms with E-state index in [0.717, 1.165) is 28.0 Å². The van der Waals surface area contributed by atoms with Crippen LogP contribution in [-0.2, 0) is 13.0 Å². The Bertz CT molecular complexity index is 1110. The molecule has 0 fully saturated rings. The zero-order chi connectivity index (χ0) is 19.5. The first-order chi connectivity index (χ1) is 13.6. The highest BCUT2D eigenvalue weighted by molar-refractivity contribution is 5.86. The van der Waals surface area contributed by atoms with Gasteiger partial charge in [0.15, 0.2) is 11.6 Å². The summed E-state index contributed by atoms with van der Waals surface area (Å²) in [6.45, 7) is 0.655. The van der Waals surface area contributed by atoms with Gasteiger partial charge in [-0.15, -0.1) is 0 Å². The Hall–Kier alpha value is -3.12. The average Bonchev–Trinajstić information content (AvgIpc) is 3.18. The minimum Gasteiger partial charge on any atom is -0.327 e. The fraction of sp³-hybridized carbons (Fsp3) is 0.182. The van der Waals surface area contributed by atoms with Crippen LogP contribution in [0.5, 0.6) is 0 Å². The second kappa shape index (κ2) is 7.86. The smallest absolute Gasteiger partial charge is 0.159 e. The molecule has 0 aliphatic rings. The van der Waals surface area contributed by atoms with Crippen molar-refractivity contribution in [2.75, 3.05) is 0 Å². The van der Waals surface area contributed by atoms with Crippen LogP contribution in [0.4, 0.5) is 8.78 Å². The number of nitrogens with zero attached hydrogens (tertiary/aromatic N) is 3. The van der Waals surface area contributed by atoms with E-state index in [2.05, 4.69) is 22.2 Å². The summed E-state index contributed by atoms with van der Waals surface area (Å²) in [5.74, 6) is -1.68. The normalized spacial score (nSPS) is 12.4.